The van der Waals surface area contributed by atoms with E-state index in [-0.39, 0.29) is 0 Å². The molecule has 3 atom stereocenters. The van der Waals surface area contributed by atoms with E-state index in [2.05, 4.69) is 0 Å². The molecule has 0 aromatic carbocycles. The minimum absolute atomic E-state index is 0.844. The summed E-state index contributed by atoms with van der Waals surface area (Å²) >= 11 is 0. The predicted octanol–water partition coefficient (Wildman–Crippen LogP) is -0.949. The lowest BCUT2D eigenvalue weighted by Gasteiger charge is -2.33. The first-order valence-electron chi connectivity index (χ1n) is 5.03. The Morgan fingerprint density at radius 3 is 1.65 bits per heavy atom. The zero-order valence-electron chi connectivity index (χ0n) is 10.2. The number of hydrogen-bond acceptors (Lipinski definition) is 6. The Labute approximate surface area is 98.6 Å². The molecular weight excluding hydrogens is 228 g/mol. The molecule has 0 rings (SSSR count). The van der Waals surface area contributed by atoms with Crippen LogP contribution in [0.2, 0.25) is 0 Å². The first-order valence-corrected chi connectivity index (χ1v) is 5.03. The second-order valence-electron chi connectivity index (χ2n) is 4.02. The van der Waals surface area contributed by atoms with E-state index in [0.717, 1.165) is 27.7 Å². The summed E-state index contributed by atoms with van der Waals surface area (Å²) in [4.78, 5) is 45.2. The minimum atomic E-state index is -2.56. The fourth-order valence-corrected chi connectivity index (χ4v) is 1.64. The van der Waals surface area contributed by atoms with Crippen molar-refractivity contribution in [3.05, 3.63) is 0 Å². The fraction of sp³-hybridized carbons (Fsp3) is 0.636. The summed E-state index contributed by atoms with van der Waals surface area (Å²) in [6.45, 7) is 3.92. The van der Waals surface area contributed by atoms with Crippen LogP contribution in [0.1, 0.15) is 27.7 Å². The molecule has 0 aromatic heterocycles. The zero-order valence-corrected chi connectivity index (χ0v) is 10.2. The van der Waals surface area contributed by atoms with Crippen LogP contribution in [0, 0.1) is 5.92 Å². The Balaban J connectivity index is 5.74. The molecule has 0 radical (unpaired) electrons. The number of carbonyl (C=O) groups is 4. The van der Waals surface area contributed by atoms with Crippen LogP contribution >= 0.6 is 0 Å². The Morgan fingerprint density at radius 1 is 1.06 bits per heavy atom. The smallest absolute Gasteiger partial charge is 0.212 e. The van der Waals surface area contributed by atoms with Gasteiger partial charge in [0.25, 0.3) is 0 Å². The van der Waals surface area contributed by atoms with Gasteiger partial charge in [-0.1, -0.05) is 0 Å². The summed E-state index contributed by atoms with van der Waals surface area (Å²) in [6, 6.07) is 0. The van der Waals surface area contributed by atoms with E-state index in [0.29, 0.717) is 0 Å². The third kappa shape index (κ3) is 2.83. The number of Topliss-reactive ketones (excluding diaryl/α,β-unsaturated/α-hetero) is 4. The number of hydrogen-bond donors (Lipinski definition) is 2. The molecular formula is C11H16O6. The Morgan fingerprint density at radius 2 is 1.47 bits per heavy atom. The molecule has 3 unspecified atom stereocenters. The van der Waals surface area contributed by atoms with Crippen molar-refractivity contribution < 1.29 is 29.4 Å². The fourth-order valence-electron chi connectivity index (χ4n) is 1.64. The van der Waals surface area contributed by atoms with E-state index in [9.17, 15) is 29.4 Å². The maximum absolute atomic E-state index is 11.5. The largest absolute Gasteiger partial charge is 0.390 e. The molecule has 17 heavy (non-hydrogen) atoms. The predicted molar refractivity (Wildman–Crippen MR) is 57.2 cm³/mol. The lowest BCUT2D eigenvalue weighted by Crippen LogP contribution is -2.59. The average molecular weight is 244 g/mol. The third-order valence-electron chi connectivity index (χ3n) is 2.66. The molecule has 6 heteroatoms. The van der Waals surface area contributed by atoms with Crippen LogP contribution in [-0.4, -0.2) is 45.1 Å². The number of rotatable bonds is 6. The normalized spacial score (nSPS) is 17.8. The summed E-state index contributed by atoms with van der Waals surface area (Å²) < 4.78 is 0. The second kappa shape index (κ2) is 5.29. The number of aliphatic hydroxyl groups excluding tert-OH is 1. The van der Waals surface area contributed by atoms with E-state index in [4.69, 9.17) is 0 Å². The molecule has 6 nitrogen and oxygen atoms in total. The minimum Gasteiger partial charge on any atom is -0.390 e. The van der Waals surface area contributed by atoms with Crippen molar-refractivity contribution in [2.45, 2.75) is 39.4 Å². The van der Waals surface area contributed by atoms with Crippen molar-refractivity contribution in [3.63, 3.8) is 0 Å². The van der Waals surface area contributed by atoms with Crippen LogP contribution in [0.4, 0.5) is 0 Å². The molecule has 0 amide bonds. The van der Waals surface area contributed by atoms with Crippen molar-refractivity contribution >= 4 is 23.1 Å². The van der Waals surface area contributed by atoms with Crippen molar-refractivity contribution in [1.29, 1.82) is 0 Å². The van der Waals surface area contributed by atoms with Gasteiger partial charge in [0.1, 0.15) is 11.7 Å². The summed E-state index contributed by atoms with van der Waals surface area (Å²) in [6.07, 6.45) is -1.64. The summed E-state index contributed by atoms with van der Waals surface area (Å²) in [5.41, 5.74) is -2.56. The monoisotopic (exact) mass is 244 g/mol. The number of aliphatic hydroxyl groups is 2. The van der Waals surface area contributed by atoms with Crippen molar-refractivity contribution in [2.24, 2.45) is 5.92 Å². The molecule has 0 spiro atoms. The summed E-state index contributed by atoms with van der Waals surface area (Å²) in [7, 11) is 0. The second-order valence-corrected chi connectivity index (χ2v) is 4.02. The van der Waals surface area contributed by atoms with Gasteiger partial charge in [0.05, 0.1) is 6.10 Å². The van der Waals surface area contributed by atoms with Crippen LogP contribution in [-0.2, 0) is 19.2 Å². The first-order chi connectivity index (χ1) is 7.56. The quantitative estimate of drug-likeness (QED) is 0.460. The highest BCUT2D eigenvalue weighted by Crippen LogP contribution is 2.25. The van der Waals surface area contributed by atoms with Gasteiger partial charge in [0.2, 0.25) is 5.78 Å². The molecule has 96 valence electrons. The molecule has 0 fully saturated rings. The topological polar surface area (TPSA) is 109 Å². The molecule has 0 aliphatic heterocycles. The first kappa shape index (κ1) is 15.6. The molecule has 0 saturated carbocycles. The molecule has 0 heterocycles. The Bertz CT molecular complexity index is 370. The van der Waals surface area contributed by atoms with Gasteiger partial charge in [-0.15, -0.1) is 0 Å². The summed E-state index contributed by atoms with van der Waals surface area (Å²) in [5.74, 6) is -5.79. The van der Waals surface area contributed by atoms with E-state index < -0.39 is 40.8 Å². The standard InChI is InChI=1S/C11H16O6/c1-5(12)9(10(16)6(2)13)11(17,7(3)14)8(4)15/h7,9,14,17H,1-4H3. The highest BCUT2D eigenvalue weighted by molar-refractivity contribution is 6.41. The van der Waals surface area contributed by atoms with Crippen molar-refractivity contribution in [3.8, 4) is 0 Å². The van der Waals surface area contributed by atoms with E-state index in [1.165, 1.54) is 0 Å². The van der Waals surface area contributed by atoms with Crippen LogP contribution in [0.5, 0.6) is 0 Å². The van der Waals surface area contributed by atoms with Gasteiger partial charge in [-0.05, 0) is 20.8 Å². The molecule has 0 aromatic rings. The van der Waals surface area contributed by atoms with Gasteiger partial charge in [-0.3, -0.25) is 19.2 Å². The molecule has 0 aliphatic rings. The molecule has 0 saturated heterocycles. The van der Waals surface area contributed by atoms with Gasteiger partial charge >= 0.3 is 0 Å². The Kier molecular flexibility index (Phi) is 4.85. The lowest BCUT2D eigenvalue weighted by molar-refractivity contribution is -0.169. The van der Waals surface area contributed by atoms with E-state index >= 15 is 0 Å². The molecule has 2 N–H and O–H groups in total. The van der Waals surface area contributed by atoms with E-state index in [1.54, 1.807) is 0 Å². The highest BCUT2D eigenvalue weighted by atomic mass is 16.4. The maximum Gasteiger partial charge on any atom is 0.212 e. The van der Waals surface area contributed by atoms with Gasteiger partial charge in [-0.2, -0.15) is 0 Å². The lowest BCUT2D eigenvalue weighted by atomic mass is 9.75. The van der Waals surface area contributed by atoms with Crippen LogP contribution < -0.4 is 0 Å². The van der Waals surface area contributed by atoms with Crippen LogP contribution in [0.15, 0.2) is 0 Å². The zero-order chi connectivity index (χ0) is 14.0. The van der Waals surface area contributed by atoms with Gasteiger partial charge in [-0.25, -0.2) is 0 Å². The van der Waals surface area contributed by atoms with Crippen LogP contribution in [0.25, 0.3) is 0 Å². The Hall–Kier alpha value is -1.40. The maximum atomic E-state index is 11.5. The third-order valence-corrected chi connectivity index (χ3v) is 2.66. The number of carbonyl (C=O) groups excluding carboxylic acids is 4. The molecule has 0 bridgehead atoms. The SMILES string of the molecule is CC(=O)C(=O)C(C(C)=O)C(O)(C(C)=O)C(C)O. The van der Waals surface area contributed by atoms with Gasteiger partial charge in [0, 0.05) is 6.92 Å². The number of ketones is 4. The summed E-state index contributed by atoms with van der Waals surface area (Å²) in [5, 5.41) is 19.4. The van der Waals surface area contributed by atoms with Gasteiger partial charge < -0.3 is 10.2 Å². The van der Waals surface area contributed by atoms with E-state index in [1.807, 2.05) is 0 Å². The van der Waals surface area contributed by atoms with Crippen LogP contribution in [0.3, 0.4) is 0 Å². The highest BCUT2D eigenvalue weighted by Gasteiger charge is 2.52. The van der Waals surface area contributed by atoms with Crippen molar-refractivity contribution in [1.82, 2.24) is 0 Å². The van der Waals surface area contributed by atoms with Gasteiger partial charge in [0.15, 0.2) is 17.2 Å². The molecule has 0 aliphatic carbocycles. The van der Waals surface area contributed by atoms with Crippen molar-refractivity contribution in [2.75, 3.05) is 0 Å². The average Bonchev–Trinajstić information content (AvgIpc) is 2.15.